The normalized spacial score (nSPS) is 17.5. The van der Waals surface area contributed by atoms with Crippen LogP contribution >= 0.6 is 11.6 Å². The van der Waals surface area contributed by atoms with Crippen molar-refractivity contribution in [1.29, 1.82) is 0 Å². The van der Waals surface area contributed by atoms with E-state index in [2.05, 4.69) is 25.9 Å². The molecule has 276 valence electrons. The van der Waals surface area contributed by atoms with Crippen LogP contribution in [0, 0.1) is 0 Å². The Hall–Kier alpha value is -4.50. The number of aliphatic hydroxyl groups is 1. The number of carbonyl (C=O) groups excluding carboxylic acids is 1. The molecule has 3 atom stereocenters. The highest BCUT2D eigenvalue weighted by Crippen LogP contribution is 2.45. The molecule has 4 aromatic rings. The van der Waals surface area contributed by atoms with Crippen LogP contribution in [0.25, 0.3) is 22.5 Å². The summed E-state index contributed by atoms with van der Waals surface area (Å²) in [6, 6.07) is 12.1. The fourth-order valence-corrected chi connectivity index (χ4v) is 6.91. The second kappa shape index (κ2) is 16.0. The number of nitrogens with zero attached hydrogens (tertiary/aromatic N) is 3. The van der Waals surface area contributed by atoms with Gasteiger partial charge in [0, 0.05) is 67.1 Å². The van der Waals surface area contributed by atoms with Crippen LogP contribution in [0.1, 0.15) is 60.1 Å². The average molecular weight is 741 g/mol. The Morgan fingerprint density at radius 1 is 0.981 bits per heavy atom. The maximum Gasteiger partial charge on any atom is 0.421 e. The minimum Gasteiger partial charge on any atom is -0.481 e. The fourth-order valence-electron chi connectivity index (χ4n) is 6.60. The van der Waals surface area contributed by atoms with Gasteiger partial charge in [0.2, 0.25) is 23.5 Å². The topological polar surface area (TPSA) is 140 Å². The van der Waals surface area contributed by atoms with Crippen molar-refractivity contribution in [2.75, 3.05) is 27.3 Å². The van der Waals surface area contributed by atoms with Crippen LogP contribution in [0.3, 0.4) is 0 Å². The molecule has 1 aliphatic carbocycles. The minimum absolute atomic E-state index is 0.00513. The molecule has 3 aromatic heterocycles. The molecule has 0 spiro atoms. The molecule has 4 heterocycles. The number of fused-ring (bicyclic) bond motifs is 1. The van der Waals surface area contributed by atoms with Crippen molar-refractivity contribution in [2.24, 2.45) is 0 Å². The number of carbonyl (C=O) groups is 1. The molecule has 2 aliphatic rings. The first-order valence-electron chi connectivity index (χ1n) is 17.0. The third-order valence-electron chi connectivity index (χ3n) is 9.09. The molecule has 1 amide bonds. The summed E-state index contributed by atoms with van der Waals surface area (Å²) in [5.74, 6) is -0.0810. The van der Waals surface area contributed by atoms with Gasteiger partial charge < -0.3 is 35.3 Å². The Labute approximate surface area is 304 Å². The van der Waals surface area contributed by atoms with Crippen molar-refractivity contribution in [1.82, 2.24) is 30.9 Å². The summed E-state index contributed by atoms with van der Waals surface area (Å²) < 4.78 is 59.9. The zero-order valence-electron chi connectivity index (χ0n) is 28.9. The van der Waals surface area contributed by atoms with E-state index in [0.29, 0.717) is 65.8 Å². The van der Waals surface area contributed by atoms with Gasteiger partial charge in [-0.05, 0) is 55.5 Å². The Balaban J connectivity index is 1.25. The lowest BCUT2D eigenvalue weighted by atomic mass is 9.98. The van der Waals surface area contributed by atoms with Gasteiger partial charge >= 0.3 is 6.18 Å². The summed E-state index contributed by atoms with van der Waals surface area (Å²) in [4.78, 5) is 25.0. The van der Waals surface area contributed by atoms with Gasteiger partial charge in [0.15, 0.2) is 0 Å². The number of aromatic nitrogens is 3. The summed E-state index contributed by atoms with van der Waals surface area (Å²) in [7, 11) is 2.88. The number of halogens is 4. The van der Waals surface area contributed by atoms with Crippen LogP contribution in [0.4, 0.5) is 13.2 Å². The van der Waals surface area contributed by atoms with Gasteiger partial charge in [-0.1, -0.05) is 35.9 Å². The van der Waals surface area contributed by atoms with Crippen LogP contribution in [0.15, 0.2) is 48.7 Å². The monoisotopic (exact) mass is 740 g/mol. The Morgan fingerprint density at radius 3 is 2.46 bits per heavy atom. The third-order valence-corrected chi connectivity index (χ3v) is 9.48. The second-order valence-corrected chi connectivity index (χ2v) is 13.2. The molecular weight excluding hydrogens is 701 g/mol. The van der Waals surface area contributed by atoms with Gasteiger partial charge in [-0.25, -0.2) is 4.98 Å². The predicted octanol–water partition coefficient (Wildman–Crippen LogP) is 5.80. The van der Waals surface area contributed by atoms with Crippen LogP contribution < -0.4 is 30.2 Å². The predicted molar refractivity (Wildman–Crippen MR) is 188 cm³/mol. The van der Waals surface area contributed by atoms with E-state index >= 15 is 0 Å². The number of ether oxygens (including phenoxy) is 3. The first kappa shape index (κ1) is 37.3. The lowest BCUT2D eigenvalue weighted by Gasteiger charge is -2.21. The minimum atomic E-state index is -4.74. The Kier molecular flexibility index (Phi) is 11.5. The first-order valence-corrected chi connectivity index (χ1v) is 17.4. The maximum atomic E-state index is 14.3. The van der Waals surface area contributed by atoms with Crippen molar-refractivity contribution in [3.8, 4) is 40.2 Å². The fraction of sp³-hybridized carbons (Fsp3) is 0.405. The standard InChI is InChI=1S/C37H40ClF3N6O5/c1-20(48)16-42-18-22-15-28(37(39,40)41)36(47-35(22)51-3)52-30-11-9-24-25(30)5-4-6-26(24)33-32(38)27(13-14-44-33)29-10-7-21(34(46-29)50-2)17-43-19-23-8-12-31(49)45-23/h4-7,10,13-15,20,23,30,42-43,48H,8-9,11-12,16-19H2,1-3H3,(H,45,49)/t20?,23-,30+/m1/s1. The molecule has 1 saturated heterocycles. The quantitative estimate of drug-likeness (QED) is 0.126. The van der Waals surface area contributed by atoms with Crippen molar-refractivity contribution in [3.05, 3.63) is 81.5 Å². The summed E-state index contributed by atoms with van der Waals surface area (Å²) >= 11 is 7.03. The van der Waals surface area contributed by atoms with Crippen LogP contribution in [-0.4, -0.2) is 65.4 Å². The molecule has 1 aliphatic heterocycles. The van der Waals surface area contributed by atoms with E-state index in [0.717, 1.165) is 29.2 Å². The van der Waals surface area contributed by atoms with Crippen LogP contribution in [0.2, 0.25) is 5.02 Å². The smallest absolute Gasteiger partial charge is 0.421 e. The number of aliphatic hydroxyl groups excluding tert-OH is 1. The number of benzene rings is 1. The van der Waals surface area contributed by atoms with Crippen molar-refractivity contribution in [2.45, 2.75) is 70.1 Å². The van der Waals surface area contributed by atoms with Gasteiger partial charge in [-0.2, -0.15) is 18.2 Å². The average Bonchev–Trinajstić information content (AvgIpc) is 3.73. The highest BCUT2D eigenvalue weighted by molar-refractivity contribution is 6.35. The molecule has 1 unspecified atom stereocenters. The molecule has 0 saturated carbocycles. The van der Waals surface area contributed by atoms with Gasteiger partial charge in [0.25, 0.3) is 0 Å². The lowest BCUT2D eigenvalue weighted by molar-refractivity contribution is -0.139. The maximum absolute atomic E-state index is 14.3. The summed E-state index contributed by atoms with van der Waals surface area (Å²) in [6.07, 6.45) is -2.24. The zero-order chi connectivity index (χ0) is 37.0. The molecule has 0 radical (unpaired) electrons. The number of methoxy groups -OCH3 is 2. The number of amides is 1. The second-order valence-electron chi connectivity index (χ2n) is 12.8. The number of hydrogen-bond acceptors (Lipinski definition) is 10. The number of alkyl halides is 3. The molecule has 52 heavy (non-hydrogen) atoms. The number of nitrogens with one attached hydrogen (secondary N) is 3. The van der Waals surface area contributed by atoms with Crippen molar-refractivity contribution in [3.63, 3.8) is 0 Å². The molecule has 11 nitrogen and oxygen atoms in total. The first-order chi connectivity index (χ1) is 25.0. The van der Waals surface area contributed by atoms with E-state index in [1.807, 2.05) is 24.3 Å². The van der Waals surface area contributed by atoms with E-state index in [4.69, 9.17) is 30.8 Å². The van der Waals surface area contributed by atoms with Gasteiger partial charge in [-0.15, -0.1) is 0 Å². The Morgan fingerprint density at radius 2 is 1.75 bits per heavy atom. The Bertz CT molecular complexity index is 1930. The SMILES string of the molecule is COc1nc(-c2ccnc(-c3cccc4c3CC[C@@H]4Oc3nc(OC)c(CNCC(C)O)cc3C(F)(F)F)c2Cl)ccc1CNC[C@H]1CCC(=O)N1. The van der Waals surface area contributed by atoms with E-state index < -0.39 is 29.8 Å². The zero-order valence-corrected chi connectivity index (χ0v) is 29.7. The number of pyridine rings is 3. The van der Waals surface area contributed by atoms with Gasteiger partial charge in [0.05, 0.1) is 36.7 Å². The van der Waals surface area contributed by atoms with Crippen LogP contribution in [-0.2, 0) is 30.5 Å². The molecule has 15 heteroatoms. The van der Waals surface area contributed by atoms with E-state index in [1.54, 1.807) is 32.4 Å². The third kappa shape index (κ3) is 8.25. The summed E-state index contributed by atoms with van der Waals surface area (Å²) in [5, 5.41) is 19.1. The van der Waals surface area contributed by atoms with Gasteiger partial charge in [-0.3, -0.25) is 9.78 Å². The van der Waals surface area contributed by atoms with Crippen LogP contribution in [0.5, 0.6) is 17.6 Å². The van der Waals surface area contributed by atoms with E-state index in [9.17, 15) is 23.1 Å². The van der Waals surface area contributed by atoms with Crippen molar-refractivity contribution < 1.29 is 37.3 Å². The molecular formula is C37H40ClF3N6O5. The number of rotatable bonds is 14. The molecule has 1 fully saturated rings. The summed E-state index contributed by atoms with van der Waals surface area (Å²) in [6.45, 7) is 2.90. The highest BCUT2D eigenvalue weighted by atomic mass is 35.5. The molecule has 0 bridgehead atoms. The molecule has 6 rings (SSSR count). The largest absolute Gasteiger partial charge is 0.481 e. The summed E-state index contributed by atoms with van der Waals surface area (Å²) in [5.41, 5.74) is 4.05. The number of hydrogen-bond donors (Lipinski definition) is 4. The molecule has 4 N–H and O–H groups in total. The van der Waals surface area contributed by atoms with E-state index in [1.165, 1.54) is 7.11 Å². The molecule has 1 aromatic carbocycles. The van der Waals surface area contributed by atoms with E-state index in [-0.39, 0.29) is 36.5 Å². The van der Waals surface area contributed by atoms with Crippen molar-refractivity contribution >= 4 is 17.5 Å². The highest BCUT2D eigenvalue weighted by Gasteiger charge is 2.39. The van der Waals surface area contributed by atoms with Gasteiger partial charge in [0.1, 0.15) is 11.7 Å². The lowest BCUT2D eigenvalue weighted by Crippen LogP contribution is -2.35.